The van der Waals surface area contributed by atoms with Crippen molar-refractivity contribution in [2.24, 2.45) is 0 Å². The van der Waals surface area contributed by atoms with Crippen molar-refractivity contribution in [3.8, 4) is 0 Å². The second-order valence-electron chi connectivity index (χ2n) is 5.66. The van der Waals surface area contributed by atoms with Crippen LogP contribution in [0.5, 0.6) is 0 Å². The van der Waals surface area contributed by atoms with Crippen LogP contribution in [0.15, 0.2) is 35.8 Å². The zero-order valence-electron chi connectivity index (χ0n) is 11.9. The van der Waals surface area contributed by atoms with Crippen LogP contribution < -0.4 is 5.32 Å². The van der Waals surface area contributed by atoms with Crippen molar-refractivity contribution in [3.05, 3.63) is 46.3 Å². The van der Waals surface area contributed by atoms with E-state index in [0.29, 0.717) is 5.95 Å². The third kappa shape index (κ3) is 2.54. The van der Waals surface area contributed by atoms with Gasteiger partial charge in [-0.3, -0.25) is 0 Å². The van der Waals surface area contributed by atoms with Crippen LogP contribution in [0, 0.1) is 6.92 Å². The first-order valence-corrected chi connectivity index (χ1v) is 7.53. The van der Waals surface area contributed by atoms with Crippen molar-refractivity contribution in [3.63, 3.8) is 0 Å². The van der Waals surface area contributed by atoms with Gasteiger partial charge in [-0.25, -0.2) is 4.52 Å². The van der Waals surface area contributed by atoms with E-state index >= 15 is 0 Å². The molecule has 0 aliphatic carbocycles. The van der Waals surface area contributed by atoms with E-state index in [-0.39, 0.29) is 5.41 Å². The van der Waals surface area contributed by atoms with Gasteiger partial charge in [-0.1, -0.05) is 19.9 Å². The number of anilines is 1. The van der Waals surface area contributed by atoms with Crippen LogP contribution in [0.2, 0.25) is 0 Å². The largest absolute Gasteiger partial charge is 0.352 e. The highest BCUT2D eigenvalue weighted by molar-refractivity contribution is 7.10. The fourth-order valence-electron chi connectivity index (χ4n) is 2.11. The van der Waals surface area contributed by atoms with Crippen molar-refractivity contribution < 1.29 is 0 Å². The lowest BCUT2D eigenvalue weighted by Gasteiger charge is -2.23. The van der Waals surface area contributed by atoms with Crippen molar-refractivity contribution in [1.82, 2.24) is 14.6 Å². The summed E-state index contributed by atoms with van der Waals surface area (Å²) in [7, 11) is 0. The monoisotopic (exact) mass is 286 g/mol. The molecule has 3 aromatic rings. The number of hydrogen-bond donors (Lipinski definition) is 1. The fourth-order valence-corrected chi connectivity index (χ4v) is 2.96. The Bertz CT molecular complexity index is 713. The van der Waals surface area contributed by atoms with E-state index in [1.165, 1.54) is 10.4 Å². The molecule has 104 valence electrons. The van der Waals surface area contributed by atoms with Crippen LogP contribution in [-0.2, 0) is 5.41 Å². The fraction of sp³-hybridized carbons (Fsp3) is 0.333. The maximum Gasteiger partial charge on any atom is 0.243 e. The first-order chi connectivity index (χ1) is 9.54. The average molecular weight is 286 g/mol. The third-order valence-corrected chi connectivity index (χ3v) is 4.61. The van der Waals surface area contributed by atoms with Gasteiger partial charge in [0.1, 0.15) is 0 Å². The Morgan fingerprint density at radius 2 is 2.20 bits per heavy atom. The molecule has 0 spiro atoms. The molecule has 3 rings (SSSR count). The molecule has 20 heavy (non-hydrogen) atoms. The summed E-state index contributed by atoms with van der Waals surface area (Å²) in [5.74, 6) is 0.681. The molecule has 0 radical (unpaired) electrons. The predicted octanol–water partition coefficient (Wildman–Crippen LogP) is 3.49. The molecule has 4 nitrogen and oxygen atoms in total. The molecule has 3 heterocycles. The summed E-state index contributed by atoms with van der Waals surface area (Å²) in [4.78, 5) is 5.87. The topological polar surface area (TPSA) is 42.2 Å². The second kappa shape index (κ2) is 4.90. The zero-order valence-corrected chi connectivity index (χ0v) is 12.7. The lowest BCUT2D eigenvalue weighted by atomic mass is 9.91. The summed E-state index contributed by atoms with van der Waals surface area (Å²) in [6, 6.07) is 8.32. The van der Waals surface area contributed by atoms with Gasteiger partial charge in [0, 0.05) is 23.0 Å². The van der Waals surface area contributed by atoms with Gasteiger partial charge in [-0.15, -0.1) is 16.4 Å². The number of thiophene rings is 1. The van der Waals surface area contributed by atoms with E-state index in [4.69, 9.17) is 0 Å². The first-order valence-electron chi connectivity index (χ1n) is 6.65. The summed E-state index contributed by atoms with van der Waals surface area (Å²) in [5, 5.41) is 9.90. The predicted molar refractivity (Wildman–Crippen MR) is 83.6 cm³/mol. The average Bonchev–Trinajstić information content (AvgIpc) is 3.05. The standard InChI is InChI=1S/C15H18N4S/c1-11-6-7-19-13(9-11)17-14(18-19)16-10-15(2,3)12-5-4-8-20-12/h4-9H,10H2,1-3H3,(H,16,18). The Kier molecular flexibility index (Phi) is 3.22. The second-order valence-corrected chi connectivity index (χ2v) is 6.60. The van der Waals surface area contributed by atoms with E-state index in [0.717, 1.165) is 12.2 Å². The van der Waals surface area contributed by atoms with Crippen LogP contribution in [0.4, 0.5) is 5.95 Å². The van der Waals surface area contributed by atoms with E-state index in [2.05, 4.69) is 53.7 Å². The third-order valence-electron chi connectivity index (χ3n) is 3.37. The number of nitrogens with zero attached hydrogens (tertiary/aromatic N) is 3. The molecule has 0 fully saturated rings. The Morgan fingerprint density at radius 3 is 2.95 bits per heavy atom. The molecule has 0 saturated carbocycles. The van der Waals surface area contributed by atoms with Crippen molar-refractivity contribution in [2.45, 2.75) is 26.2 Å². The smallest absolute Gasteiger partial charge is 0.243 e. The zero-order chi connectivity index (χ0) is 14.2. The number of aryl methyl sites for hydroxylation is 1. The summed E-state index contributed by atoms with van der Waals surface area (Å²) >= 11 is 1.79. The SMILES string of the molecule is Cc1ccn2nc(NCC(C)(C)c3cccs3)nc2c1. The number of fused-ring (bicyclic) bond motifs is 1. The molecule has 0 atom stereocenters. The minimum atomic E-state index is 0.0710. The molecule has 0 aliphatic rings. The molecule has 5 heteroatoms. The van der Waals surface area contributed by atoms with Gasteiger partial charge in [0.2, 0.25) is 5.95 Å². The molecular formula is C15H18N4S. The molecule has 0 saturated heterocycles. The maximum atomic E-state index is 4.50. The van der Waals surface area contributed by atoms with Crippen LogP contribution in [0.1, 0.15) is 24.3 Å². The summed E-state index contributed by atoms with van der Waals surface area (Å²) in [6.45, 7) is 7.32. The summed E-state index contributed by atoms with van der Waals surface area (Å²) in [6.07, 6.45) is 1.94. The number of rotatable bonds is 4. The minimum absolute atomic E-state index is 0.0710. The van der Waals surface area contributed by atoms with Gasteiger partial charge in [-0.05, 0) is 36.1 Å². The van der Waals surface area contributed by atoms with Gasteiger partial charge < -0.3 is 5.32 Å². The molecule has 0 aliphatic heterocycles. The van der Waals surface area contributed by atoms with Gasteiger partial charge in [0.15, 0.2) is 5.65 Å². The molecule has 1 N–H and O–H groups in total. The lowest BCUT2D eigenvalue weighted by molar-refractivity contribution is 0.567. The molecule has 0 amide bonds. The maximum absolute atomic E-state index is 4.50. The van der Waals surface area contributed by atoms with Gasteiger partial charge in [0.25, 0.3) is 0 Å². The Labute approximate surface area is 122 Å². The highest BCUT2D eigenvalue weighted by Crippen LogP contribution is 2.27. The van der Waals surface area contributed by atoms with Gasteiger partial charge in [-0.2, -0.15) is 4.98 Å². The molecule has 0 aromatic carbocycles. The number of pyridine rings is 1. The van der Waals surface area contributed by atoms with E-state index in [1.54, 1.807) is 15.9 Å². The van der Waals surface area contributed by atoms with E-state index < -0.39 is 0 Å². The highest BCUT2D eigenvalue weighted by atomic mass is 32.1. The Hall–Kier alpha value is -1.88. The lowest BCUT2D eigenvalue weighted by Crippen LogP contribution is -2.26. The van der Waals surface area contributed by atoms with E-state index in [9.17, 15) is 0 Å². The van der Waals surface area contributed by atoms with Crippen molar-refractivity contribution in [2.75, 3.05) is 11.9 Å². The Morgan fingerprint density at radius 1 is 1.35 bits per heavy atom. The number of nitrogens with one attached hydrogen (secondary N) is 1. The van der Waals surface area contributed by atoms with Crippen molar-refractivity contribution in [1.29, 1.82) is 0 Å². The molecule has 3 aromatic heterocycles. The summed E-state index contributed by atoms with van der Waals surface area (Å²) < 4.78 is 1.80. The Balaban J connectivity index is 1.77. The highest BCUT2D eigenvalue weighted by Gasteiger charge is 2.22. The van der Waals surface area contributed by atoms with Crippen LogP contribution in [0.3, 0.4) is 0 Å². The number of hydrogen-bond acceptors (Lipinski definition) is 4. The number of aromatic nitrogens is 3. The van der Waals surface area contributed by atoms with Crippen molar-refractivity contribution >= 4 is 22.9 Å². The van der Waals surface area contributed by atoms with Crippen LogP contribution in [-0.4, -0.2) is 21.1 Å². The minimum Gasteiger partial charge on any atom is -0.352 e. The molecule has 0 unspecified atom stereocenters. The normalized spacial score (nSPS) is 11.9. The van der Waals surface area contributed by atoms with Crippen LogP contribution >= 0.6 is 11.3 Å². The van der Waals surface area contributed by atoms with Gasteiger partial charge in [0.05, 0.1) is 0 Å². The molecule has 0 bridgehead atoms. The van der Waals surface area contributed by atoms with Gasteiger partial charge >= 0.3 is 0 Å². The van der Waals surface area contributed by atoms with E-state index in [1.807, 2.05) is 18.3 Å². The first kappa shape index (κ1) is 13.1. The quantitative estimate of drug-likeness (QED) is 0.798. The van der Waals surface area contributed by atoms with Crippen LogP contribution in [0.25, 0.3) is 5.65 Å². The summed E-state index contributed by atoms with van der Waals surface area (Å²) in [5.41, 5.74) is 2.14. The molecular weight excluding hydrogens is 268 g/mol.